The maximum absolute atomic E-state index is 5.94. The zero-order chi connectivity index (χ0) is 19.3. The van der Waals surface area contributed by atoms with Gasteiger partial charge in [-0.3, -0.25) is 0 Å². The van der Waals surface area contributed by atoms with Crippen LogP contribution in [0.2, 0.25) is 0 Å². The molecule has 4 aromatic rings. The summed E-state index contributed by atoms with van der Waals surface area (Å²) >= 11 is 0. The number of anilines is 1. The second-order valence-corrected chi connectivity index (χ2v) is 6.34. The van der Waals surface area contributed by atoms with Gasteiger partial charge in [0, 0.05) is 0 Å². The zero-order valence-corrected chi connectivity index (χ0v) is 15.7. The molecule has 1 unspecified atom stereocenters. The molecule has 0 bridgehead atoms. The molecule has 0 saturated carbocycles. The number of hydrogen-bond acceptors (Lipinski definition) is 6. The Balaban J connectivity index is 1.46. The monoisotopic (exact) mass is 375 g/mol. The van der Waals surface area contributed by atoms with Crippen LogP contribution in [0.3, 0.4) is 0 Å². The van der Waals surface area contributed by atoms with Gasteiger partial charge in [0.25, 0.3) is 0 Å². The number of nitrogens with one attached hydrogen (secondary N) is 1. The van der Waals surface area contributed by atoms with Crippen molar-refractivity contribution in [3.05, 3.63) is 67.1 Å². The lowest BCUT2D eigenvalue weighted by Gasteiger charge is -2.16. The lowest BCUT2D eigenvalue weighted by molar-refractivity contribution is 0.234. The summed E-state index contributed by atoms with van der Waals surface area (Å²) in [5.74, 6) is 2.33. The Labute approximate surface area is 163 Å². The van der Waals surface area contributed by atoms with E-state index in [1.807, 2.05) is 61.5 Å². The molecule has 142 valence electrons. The first-order valence-corrected chi connectivity index (χ1v) is 9.03. The molecule has 7 nitrogen and oxygen atoms in total. The van der Waals surface area contributed by atoms with Gasteiger partial charge in [-0.15, -0.1) is 0 Å². The number of para-hydroxylation sites is 1. The van der Waals surface area contributed by atoms with Crippen LogP contribution in [0.15, 0.2) is 67.1 Å². The topological polar surface area (TPSA) is 74.1 Å². The van der Waals surface area contributed by atoms with Gasteiger partial charge < -0.3 is 14.8 Å². The highest BCUT2D eigenvalue weighted by Gasteiger charge is 2.12. The molecule has 2 heterocycles. The van der Waals surface area contributed by atoms with Crippen molar-refractivity contribution in [2.75, 3.05) is 19.0 Å². The van der Waals surface area contributed by atoms with Gasteiger partial charge in [-0.05, 0) is 43.3 Å². The van der Waals surface area contributed by atoms with Crippen LogP contribution in [0, 0.1) is 0 Å². The maximum Gasteiger partial charge on any atom is 0.168 e. The minimum Gasteiger partial charge on any atom is -0.497 e. The smallest absolute Gasteiger partial charge is 0.168 e. The molecule has 0 saturated heterocycles. The van der Waals surface area contributed by atoms with Crippen molar-refractivity contribution in [1.29, 1.82) is 0 Å². The first-order chi connectivity index (χ1) is 13.7. The number of ether oxygens (including phenoxy) is 2. The van der Waals surface area contributed by atoms with Crippen LogP contribution >= 0.6 is 0 Å². The van der Waals surface area contributed by atoms with Crippen molar-refractivity contribution in [3.8, 4) is 17.2 Å². The van der Waals surface area contributed by atoms with Gasteiger partial charge in [0.05, 0.1) is 30.9 Å². The maximum atomic E-state index is 5.94. The molecule has 28 heavy (non-hydrogen) atoms. The van der Waals surface area contributed by atoms with Crippen LogP contribution in [0.5, 0.6) is 11.5 Å². The molecule has 2 aromatic carbocycles. The number of rotatable bonds is 7. The molecule has 0 fully saturated rings. The summed E-state index contributed by atoms with van der Waals surface area (Å²) in [7, 11) is 1.64. The van der Waals surface area contributed by atoms with Gasteiger partial charge in [0.15, 0.2) is 5.65 Å². The van der Waals surface area contributed by atoms with Crippen LogP contribution in [-0.4, -0.2) is 39.5 Å². The number of methoxy groups -OCH3 is 1. The molecule has 4 rings (SSSR count). The van der Waals surface area contributed by atoms with Gasteiger partial charge in [0.1, 0.15) is 29.7 Å². The third kappa shape index (κ3) is 3.73. The van der Waals surface area contributed by atoms with E-state index in [2.05, 4.69) is 20.4 Å². The molecule has 0 aliphatic carbocycles. The van der Waals surface area contributed by atoms with E-state index in [9.17, 15) is 0 Å². The molecule has 0 aliphatic rings. The largest absolute Gasteiger partial charge is 0.497 e. The third-order valence-corrected chi connectivity index (χ3v) is 4.32. The zero-order valence-electron chi connectivity index (χ0n) is 15.7. The molecular weight excluding hydrogens is 354 g/mol. The number of benzene rings is 2. The van der Waals surface area contributed by atoms with Crippen LogP contribution < -0.4 is 14.8 Å². The van der Waals surface area contributed by atoms with Gasteiger partial charge in [0.2, 0.25) is 0 Å². The van der Waals surface area contributed by atoms with Gasteiger partial charge in [-0.25, -0.2) is 14.6 Å². The quantitative estimate of drug-likeness (QED) is 0.531. The summed E-state index contributed by atoms with van der Waals surface area (Å²) in [5, 5.41) is 8.67. The van der Waals surface area contributed by atoms with E-state index < -0.39 is 0 Å². The highest BCUT2D eigenvalue weighted by molar-refractivity contribution is 5.87. The number of aromatic nitrogens is 4. The molecule has 0 spiro atoms. The summed E-state index contributed by atoms with van der Waals surface area (Å²) in [6.45, 7) is 2.59. The van der Waals surface area contributed by atoms with Crippen molar-refractivity contribution in [3.63, 3.8) is 0 Å². The van der Waals surface area contributed by atoms with Crippen LogP contribution in [0.1, 0.15) is 6.92 Å². The first kappa shape index (κ1) is 17.8. The molecule has 2 aromatic heterocycles. The first-order valence-electron chi connectivity index (χ1n) is 9.03. The van der Waals surface area contributed by atoms with E-state index in [-0.39, 0.29) is 6.10 Å². The van der Waals surface area contributed by atoms with Crippen LogP contribution in [0.4, 0.5) is 5.82 Å². The Morgan fingerprint density at radius 3 is 2.50 bits per heavy atom. The Morgan fingerprint density at radius 1 is 1.00 bits per heavy atom. The molecule has 7 heteroatoms. The Morgan fingerprint density at radius 2 is 1.75 bits per heavy atom. The average molecular weight is 375 g/mol. The van der Waals surface area contributed by atoms with E-state index >= 15 is 0 Å². The number of nitrogens with zero attached hydrogens (tertiary/aromatic N) is 4. The predicted octanol–water partition coefficient (Wildman–Crippen LogP) is 3.70. The van der Waals surface area contributed by atoms with E-state index in [1.54, 1.807) is 24.3 Å². The second-order valence-electron chi connectivity index (χ2n) is 6.34. The van der Waals surface area contributed by atoms with Crippen molar-refractivity contribution in [2.24, 2.45) is 0 Å². The molecule has 0 amide bonds. The van der Waals surface area contributed by atoms with E-state index in [0.29, 0.717) is 6.54 Å². The molecule has 0 aliphatic heterocycles. The fraction of sp³-hybridized carbons (Fsp3) is 0.190. The fourth-order valence-electron chi connectivity index (χ4n) is 2.91. The highest BCUT2D eigenvalue weighted by Crippen LogP contribution is 2.22. The summed E-state index contributed by atoms with van der Waals surface area (Å²) < 4.78 is 12.9. The molecule has 1 atom stereocenters. The lowest BCUT2D eigenvalue weighted by atomic mass is 10.3. The van der Waals surface area contributed by atoms with Crippen molar-refractivity contribution in [2.45, 2.75) is 13.0 Å². The van der Waals surface area contributed by atoms with Crippen molar-refractivity contribution in [1.82, 2.24) is 19.7 Å². The lowest BCUT2D eigenvalue weighted by Crippen LogP contribution is -2.23. The van der Waals surface area contributed by atoms with Gasteiger partial charge >= 0.3 is 0 Å². The summed E-state index contributed by atoms with van der Waals surface area (Å²) in [4.78, 5) is 8.76. The van der Waals surface area contributed by atoms with Gasteiger partial charge in [-0.2, -0.15) is 5.10 Å². The summed E-state index contributed by atoms with van der Waals surface area (Å²) in [6, 6.07) is 17.4. The van der Waals surface area contributed by atoms with Crippen LogP contribution in [0.25, 0.3) is 16.7 Å². The predicted molar refractivity (Wildman–Crippen MR) is 108 cm³/mol. The van der Waals surface area contributed by atoms with E-state index in [0.717, 1.165) is 34.0 Å². The van der Waals surface area contributed by atoms with Crippen molar-refractivity contribution < 1.29 is 9.47 Å². The Hall–Kier alpha value is -3.61. The summed E-state index contributed by atoms with van der Waals surface area (Å²) in [6.07, 6.45) is 3.27. The number of hydrogen-bond donors (Lipinski definition) is 1. The molecule has 1 N–H and O–H groups in total. The Kier molecular flexibility index (Phi) is 5.05. The fourth-order valence-corrected chi connectivity index (χ4v) is 2.91. The second kappa shape index (κ2) is 7.96. The van der Waals surface area contributed by atoms with E-state index in [1.165, 1.54) is 0 Å². The minimum atomic E-state index is -0.0532. The van der Waals surface area contributed by atoms with E-state index in [4.69, 9.17) is 9.47 Å². The Bertz CT molecular complexity index is 1050. The highest BCUT2D eigenvalue weighted by atomic mass is 16.5. The third-order valence-electron chi connectivity index (χ3n) is 4.32. The number of fused-ring (bicyclic) bond motifs is 1. The summed E-state index contributed by atoms with van der Waals surface area (Å²) in [5.41, 5.74) is 1.71. The minimum absolute atomic E-state index is 0.0532. The van der Waals surface area contributed by atoms with Crippen LogP contribution in [-0.2, 0) is 0 Å². The average Bonchev–Trinajstić information content (AvgIpc) is 3.18. The molecular formula is C21H21N5O2. The normalized spacial score (nSPS) is 11.9. The SMILES string of the molecule is COc1ccc(OC(C)CNc2ncnc3c2cnn3-c2ccccc2)cc1. The standard InChI is InChI=1S/C21H21N5O2/c1-15(28-18-10-8-17(27-2)9-11-18)12-22-20-19-13-25-26(21(19)24-14-23-20)16-6-4-3-5-7-16/h3-11,13-15H,12H2,1-2H3,(H,22,23,24). The molecule has 0 radical (unpaired) electrons. The van der Waals surface area contributed by atoms with Gasteiger partial charge in [-0.1, -0.05) is 18.2 Å². The van der Waals surface area contributed by atoms with Crippen molar-refractivity contribution >= 4 is 16.9 Å².